The van der Waals surface area contributed by atoms with Crippen LogP contribution in [0.15, 0.2) is 48.9 Å². The van der Waals surface area contributed by atoms with Crippen LogP contribution in [0, 0.1) is 0 Å². The summed E-state index contributed by atoms with van der Waals surface area (Å²) >= 11 is 0. The SMILES string of the molecule is CCCNCc1cnc(-c2ccc3ncccc3c2)nc1. The van der Waals surface area contributed by atoms with Crippen LogP contribution < -0.4 is 5.32 Å². The van der Waals surface area contributed by atoms with E-state index in [1.165, 1.54) is 0 Å². The zero-order chi connectivity index (χ0) is 14.5. The van der Waals surface area contributed by atoms with Crippen molar-refractivity contribution in [3.05, 3.63) is 54.5 Å². The summed E-state index contributed by atoms with van der Waals surface area (Å²) in [4.78, 5) is 13.2. The van der Waals surface area contributed by atoms with Crippen LogP contribution in [0.25, 0.3) is 22.3 Å². The molecular weight excluding hydrogens is 260 g/mol. The average molecular weight is 278 g/mol. The van der Waals surface area contributed by atoms with Crippen LogP contribution in [0.5, 0.6) is 0 Å². The highest BCUT2D eigenvalue weighted by Gasteiger charge is 2.03. The predicted octanol–water partition coefficient (Wildman–Crippen LogP) is 3.19. The van der Waals surface area contributed by atoms with Gasteiger partial charge in [0.05, 0.1) is 5.52 Å². The van der Waals surface area contributed by atoms with Gasteiger partial charge < -0.3 is 5.32 Å². The second-order valence-electron chi connectivity index (χ2n) is 5.00. The number of aromatic nitrogens is 3. The fraction of sp³-hybridized carbons (Fsp3) is 0.235. The molecule has 0 radical (unpaired) electrons. The van der Waals surface area contributed by atoms with E-state index >= 15 is 0 Å². The minimum absolute atomic E-state index is 0.750. The Hall–Kier alpha value is -2.33. The second kappa shape index (κ2) is 6.41. The van der Waals surface area contributed by atoms with Gasteiger partial charge >= 0.3 is 0 Å². The molecule has 0 fully saturated rings. The van der Waals surface area contributed by atoms with Gasteiger partial charge in [-0.15, -0.1) is 0 Å². The number of nitrogens with one attached hydrogen (secondary N) is 1. The van der Waals surface area contributed by atoms with Crippen molar-refractivity contribution in [2.75, 3.05) is 6.54 Å². The molecule has 0 spiro atoms. The van der Waals surface area contributed by atoms with Crippen LogP contribution >= 0.6 is 0 Å². The van der Waals surface area contributed by atoms with Gasteiger partial charge in [-0.25, -0.2) is 9.97 Å². The normalized spacial score (nSPS) is 10.9. The summed E-state index contributed by atoms with van der Waals surface area (Å²) < 4.78 is 0. The molecule has 0 unspecified atom stereocenters. The van der Waals surface area contributed by atoms with Gasteiger partial charge in [-0.1, -0.05) is 13.0 Å². The summed E-state index contributed by atoms with van der Waals surface area (Å²) in [6.07, 6.45) is 6.71. The maximum atomic E-state index is 4.46. The van der Waals surface area contributed by atoms with E-state index in [0.717, 1.165) is 47.4 Å². The summed E-state index contributed by atoms with van der Waals surface area (Å²) in [6, 6.07) is 10.1. The van der Waals surface area contributed by atoms with Crippen molar-refractivity contribution in [1.82, 2.24) is 20.3 Å². The number of hydrogen-bond acceptors (Lipinski definition) is 4. The quantitative estimate of drug-likeness (QED) is 0.728. The topological polar surface area (TPSA) is 50.7 Å². The molecule has 4 nitrogen and oxygen atoms in total. The number of fused-ring (bicyclic) bond motifs is 1. The van der Waals surface area contributed by atoms with Crippen LogP contribution in [0.1, 0.15) is 18.9 Å². The highest BCUT2D eigenvalue weighted by atomic mass is 14.9. The summed E-state index contributed by atoms with van der Waals surface area (Å²) in [5, 5.41) is 4.45. The molecular formula is C17H18N4. The Morgan fingerprint density at radius 2 is 1.90 bits per heavy atom. The van der Waals surface area contributed by atoms with Gasteiger partial charge in [0.1, 0.15) is 0 Å². The first-order valence-corrected chi connectivity index (χ1v) is 7.23. The molecule has 1 aromatic carbocycles. The van der Waals surface area contributed by atoms with Crippen LogP contribution in [0.4, 0.5) is 0 Å². The van der Waals surface area contributed by atoms with Gasteiger partial charge in [0.25, 0.3) is 0 Å². The number of rotatable bonds is 5. The van der Waals surface area contributed by atoms with E-state index < -0.39 is 0 Å². The van der Waals surface area contributed by atoms with E-state index in [0.29, 0.717) is 0 Å². The minimum atomic E-state index is 0.750. The van der Waals surface area contributed by atoms with Crippen LogP contribution in [0.2, 0.25) is 0 Å². The van der Waals surface area contributed by atoms with Crippen LogP contribution in [0.3, 0.4) is 0 Å². The number of benzene rings is 1. The Labute approximate surface area is 124 Å². The molecule has 0 aliphatic heterocycles. The van der Waals surface area contributed by atoms with Crippen molar-refractivity contribution >= 4 is 10.9 Å². The van der Waals surface area contributed by atoms with Gasteiger partial charge in [-0.05, 0) is 37.2 Å². The molecule has 2 heterocycles. The molecule has 3 aromatic rings. The van der Waals surface area contributed by atoms with Gasteiger partial charge in [0, 0.05) is 41.6 Å². The van der Waals surface area contributed by atoms with Crippen molar-refractivity contribution < 1.29 is 0 Å². The molecule has 1 N–H and O–H groups in total. The first kappa shape index (κ1) is 13.6. The molecule has 0 atom stereocenters. The molecule has 2 aromatic heterocycles. The molecule has 21 heavy (non-hydrogen) atoms. The summed E-state index contributed by atoms with van der Waals surface area (Å²) in [5.74, 6) is 0.750. The highest BCUT2D eigenvalue weighted by molar-refractivity contribution is 5.82. The summed E-state index contributed by atoms with van der Waals surface area (Å²) in [7, 11) is 0. The lowest BCUT2D eigenvalue weighted by Gasteiger charge is -2.05. The zero-order valence-electron chi connectivity index (χ0n) is 12.1. The summed E-state index contributed by atoms with van der Waals surface area (Å²) in [5.41, 5.74) is 3.11. The standard InChI is InChI=1S/C17H18N4/c1-2-7-18-10-13-11-20-17(21-12-13)15-5-6-16-14(9-15)4-3-8-19-16/h3-6,8-9,11-12,18H,2,7,10H2,1H3. The van der Waals surface area contributed by atoms with Gasteiger partial charge in [0.15, 0.2) is 5.82 Å². The van der Waals surface area contributed by atoms with E-state index in [1.807, 2.05) is 30.6 Å². The van der Waals surface area contributed by atoms with Crippen molar-refractivity contribution in [2.45, 2.75) is 19.9 Å². The third kappa shape index (κ3) is 3.23. The molecule has 4 heteroatoms. The van der Waals surface area contributed by atoms with E-state index in [2.05, 4.69) is 39.3 Å². The first-order valence-electron chi connectivity index (χ1n) is 7.23. The van der Waals surface area contributed by atoms with Crippen molar-refractivity contribution in [3.8, 4) is 11.4 Å². The van der Waals surface area contributed by atoms with E-state index in [9.17, 15) is 0 Å². The molecule has 0 aliphatic carbocycles. The highest BCUT2D eigenvalue weighted by Crippen LogP contribution is 2.20. The zero-order valence-corrected chi connectivity index (χ0v) is 12.1. The largest absolute Gasteiger partial charge is 0.313 e. The summed E-state index contributed by atoms with van der Waals surface area (Å²) in [6.45, 7) is 3.98. The van der Waals surface area contributed by atoms with Crippen molar-refractivity contribution in [2.24, 2.45) is 0 Å². The van der Waals surface area contributed by atoms with Gasteiger partial charge in [0.2, 0.25) is 0 Å². The second-order valence-corrected chi connectivity index (χ2v) is 5.00. The molecule has 0 amide bonds. The van der Waals surface area contributed by atoms with E-state index in [1.54, 1.807) is 6.20 Å². The number of nitrogens with zero attached hydrogens (tertiary/aromatic N) is 3. The smallest absolute Gasteiger partial charge is 0.159 e. The van der Waals surface area contributed by atoms with Crippen molar-refractivity contribution in [3.63, 3.8) is 0 Å². The maximum Gasteiger partial charge on any atom is 0.159 e. The van der Waals surface area contributed by atoms with E-state index in [4.69, 9.17) is 0 Å². The Bertz CT molecular complexity index is 722. The third-order valence-corrected chi connectivity index (χ3v) is 3.32. The van der Waals surface area contributed by atoms with Crippen LogP contribution in [-0.2, 0) is 6.54 Å². The molecule has 0 bridgehead atoms. The molecule has 0 saturated heterocycles. The predicted molar refractivity (Wildman–Crippen MR) is 84.8 cm³/mol. The lowest BCUT2D eigenvalue weighted by atomic mass is 10.1. The van der Waals surface area contributed by atoms with E-state index in [-0.39, 0.29) is 0 Å². The Morgan fingerprint density at radius 3 is 2.71 bits per heavy atom. The molecule has 0 aliphatic rings. The molecule has 0 saturated carbocycles. The first-order chi connectivity index (χ1) is 10.4. The minimum Gasteiger partial charge on any atom is -0.313 e. The Morgan fingerprint density at radius 1 is 1.05 bits per heavy atom. The average Bonchev–Trinajstić information content (AvgIpc) is 2.55. The molecule has 106 valence electrons. The fourth-order valence-electron chi connectivity index (χ4n) is 2.22. The number of pyridine rings is 1. The van der Waals surface area contributed by atoms with Gasteiger partial charge in [-0.3, -0.25) is 4.98 Å². The third-order valence-electron chi connectivity index (χ3n) is 3.32. The monoisotopic (exact) mass is 278 g/mol. The van der Waals surface area contributed by atoms with Gasteiger partial charge in [-0.2, -0.15) is 0 Å². The lowest BCUT2D eigenvalue weighted by molar-refractivity contribution is 0.672. The molecule has 3 rings (SSSR count). The Kier molecular flexibility index (Phi) is 4.17. The lowest BCUT2D eigenvalue weighted by Crippen LogP contribution is -2.14. The Balaban J connectivity index is 1.81. The van der Waals surface area contributed by atoms with Crippen molar-refractivity contribution in [1.29, 1.82) is 0 Å². The van der Waals surface area contributed by atoms with Crippen LogP contribution in [-0.4, -0.2) is 21.5 Å². The maximum absolute atomic E-state index is 4.46. The fourth-order valence-corrected chi connectivity index (χ4v) is 2.22. The number of hydrogen-bond donors (Lipinski definition) is 1.